The molecule has 0 saturated carbocycles. The smallest absolute Gasteiger partial charge is 0.138 e. The molecule has 2 aromatic rings. The van der Waals surface area contributed by atoms with Crippen molar-refractivity contribution >= 4 is 0 Å². The van der Waals surface area contributed by atoms with Gasteiger partial charge in [-0.1, -0.05) is 12.1 Å². The summed E-state index contributed by atoms with van der Waals surface area (Å²) in [6, 6.07) is 10.7. The summed E-state index contributed by atoms with van der Waals surface area (Å²) in [6.07, 6.45) is -1.27. The maximum absolute atomic E-state index is 13.3. The second kappa shape index (κ2) is 8.65. The number of likely N-dealkylation sites (tertiary alicyclic amines) is 1. The molecule has 3 rings (SSSR count). The number of ether oxygens (including phenoxy) is 2. The van der Waals surface area contributed by atoms with Gasteiger partial charge in [0, 0.05) is 43.9 Å². The molecule has 1 heterocycles. The zero-order valence-corrected chi connectivity index (χ0v) is 15.1. The first-order chi connectivity index (χ1) is 12.9. The Morgan fingerprint density at radius 2 is 1.78 bits per heavy atom. The number of hydrogen-bond donors (Lipinski definition) is 2. The number of benzene rings is 2. The molecule has 2 aromatic carbocycles. The molecule has 146 valence electrons. The van der Waals surface area contributed by atoms with E-state index in [0.29, 0.717) is 26.2 Å². The quantitative estimate of drug-likeness (QED) is 0.774. The first kappa shape index (κ1) is 19.5. The van der Waals surface area contributed by atoms with Crippen LogP contribution in [0, 0.1) is 11.6 Å². The number of aliphatic hydroxyl groups is 1. The molecule has 7 heteroatoms. The van der Waals surface area contributed by atoms with Crippen molar-refractivity contribution in [3.8, 4) is 11.5 Å². The van der Waals surface area contributed by atoms with Crippen LogP contribution in [-0.4, -0.2) is 48.0 Å². The predicted octanol–water partition coefficient (Wildman–Crippen LogP) is 2.31. The average molecular weight is 378 g/mol. The molecule has 1 aliphatic heterocycles. The van der Waals surface area contributed by atoms with Gasteiger partial charge >= 0.3 is 0 Å². The van der Waals surface area contributed by atoms with Crippen LogP contribution >= 0.6 is 0 Å². The van der Waals surface area contributed by atoms with Crippen LogP contribution in [0.1, 0.15) is 12.5 Å². The van der Waals surface area contributed by atoms with E-state index >= 15 is 0 Å². The minimum atomic E-state index is -0.732. The van der Waals surface area contributed by atoms with Gasteiger partial charge in [0.15, 0.2) is 0 Å². The van der Waals surface area contributed by atoms with E-state index in [0.717, 1.165) is 29.5 Å². The Morgan fingerprint density at radius 3 is 2.41 bits per heavy atom. The van der Waals surface area contributed by atoms with Gasteiger partial charge in [0.2, 0.25) is 0 Å². The Kier molecular flexibility index (Phi) is 6.26. The number of hydrogen-bond acceptors (Lipinski definition) is 5. The van der Waals surface area contributed by atoms with Crippen LogP contribution in [0.4, 0.5) is 8.78 Å². The number of nitrogens with zero attached hydrogens (tertiary/aromatic N) is 1. The van der Waals surface area contributed by atoms with Gasteiger partial charge in [0.1, 0.15) is 41.9 Å². The van der Waals surface area contributed by atoms with Gasteiger partial charge in [-0.2, -0.15) is 0 Å². The van der Waals surface area contributed by atoms with Crippen molar-refractivity contribution in [2.75, 3.05) is 19.7 Å². The van der Waals surface area contributed by atoms with Gasteiger partial charge in [-0.15, -0.1) is 0 Å². The van der Waals surface area contributed by atoms with Crippen molar-refractivity contribution in [2.45, 2.75) is 31.7 Å². The van der Waals surface area contributed by atoms with E-state index in [-0.39, 0.29) is 11.8 Å². The average Bonchev–Trinajstić information content (AvgIpc) is 2.92. The molecule has 1 fully saturated rings. The lowest BCUT2D eigenvalue weighted by Gasteiger charge is -2.17. The highest BCUT2D eigenvalue weighted by atomic mass is 19.1. The number of β-amino-alcohol motifs (C(OH)–C–C–N with tert-alkyl or cyclic N) is 1. The molecule has 0 bridgehead atoms. The zero-order chi connectivity index (χ0) is 19.4. The van der Waals surface area contributed by atoms with Gasteiger partial charge in [-0.3, -0.25) is 4.90 Å². The molecule has 5 nitrogen and oxygen atoms in total. The lowest BCUT2D eigenvalue weighted by molar-refractivity contribution is 0.0732. The first-order valence-electron chi connectivity index (χ1n) is 8.89. The number of nitrogens with two attached hydrogens (primary N) is 1. The molecule has 0 radical (unpaired) electrons. The van der Waals surface area contributed by atoms with Gasteiger partial charge in [-0.05, 0) is 24.6 Å². The molecule has 27 heavy (non-hydrogen) atoms. The molecule has 1 aliphatic rings. The van der Waals surface area contributed by atoms with Crippen LogP contribution in [0.5, 0.6) is 11.5 Å². The fourth-order valence-corrected chi connectivity index (χ4v) is 3.03. The highest BCUT2D eigenvalue weighted by Gasteiger charge is 2.33. The van der Waals surface area contributed by atoms with Gasteiger partial charge < -0.3 is 20.3 Å². The summed E-state index contributed by atoms with van der Waals surface area (Å²) in [4.78, 5) is 2.03. The summed E-state index contributed by atoms with van der Waals surface area (Å²) in [7, 11) is 0. The third-order valence-electron chi connectivity index (χ3n) is 4.28. The molecule has 0 spiro atoms. The van der Waals surface area contributed by atoms with Crippen LogP contribution in [0.2, 0.25) is 0 Å². The van der Waals surface area contributed by atoms with Crippen LogP contribution < -0.4 is 15.2 Å². The summed E-state index contributed by atoms with van der Waals surface area (Å²) in [5, 5.41) is 10.2. The third-order valence-corrected chi connectivity index (χ3v) is 4.28. The van der Waals surface area contributed by atoms with E-state index < -0.39 is 23.8 Å². The summed E-state index contributed by atoms with van der Waals surface area (Å²) in [5.74, 6) is -0.581. The normalized spacial score (nSPS) is 21.2. The van der Waals surface area contributed by atoms with Gasteiger partial charge in [-0.25, -0.2) is 8.78 Å². The fourth-order valence-electron chi connectivity index (χ4n) is 3.03. The van der Waals surface area contributed by atoms with E-state index in [2.05, 4.69) is 0 Å². The van der Waals surface area contributed by atoms with Crippen LogP contribution in [0.15, 0.2) is 42.5 Å². The lowest BCUT2D eigenvalue weighted by atomic mass is 10.2. The molecule has 3 N–H and O–H groups in total. The summed E-state index contributed by atoms with van der Waals surface area (Å²) < 4.78 is 37.7. The molecule has 0 unspecified atom stereocenters. The maximum Gasteiger partial charge on any atom is 0.138 e. The minimum absolute atomic E-state index is 0.0285. The van der Waals surface area contributed by atoms with Crippen molar-refractivity contribution in [1.29, 1.82) is 0 Å². The fraction of sp³-hybridized carbons (Fsp3) is 0.400. The summed E-state index contributed by atoms with van der Waals surface area (Å²) in [5.41, 5.74) is 6.73. The van der Waals surface area contributed by atoms with E-state index in [1.165, 1.54) is 0 Å². The molecule has 3 atom stereocenters. The summed E-state index contributed by atoms with van der Waals surface area (Å²) >= 11 is 0. The minimum Gasteiger partial charge on any atom is -0.492 e. The van der Waals surface area contributed by atoms with Crippen molar-refractivity contribution < 1.29 is 23.4 Å². The second-order valence-electron chi connectivity index (χ2n) is 6.96. The van der Waals surface area contributed by atoms with Crippen molar-refractivity contribution in [3.63, 3.8) is 0 Å². The monoisotopic (exact) mass is 378 g/mol. The van der Waals surface area contributed by atoms with Gasteiger partial charge in [0.05, 0.1) is 0 Å². The molecular formula is C20H24F2N2O3. The highest BCUT2D eigenvalue weighted by molar-refractivity contribution is 5.27. The molecule has 0 aromatic heterocycles. The van der Waals surface area contributed by atoms with Crippen LogP contribution in [0.25, 0.3) is 0 Å². The van der Waals surface area contributed by atoms with Crippen molar-refractivity contribution in [2.24, 2.45) is 5.73 Å². The Hall–Kier alpha value is -2.22. The third kappa shape index (κ3) is 5.63. The SMILES string of the molecule is C[C@H](N)COc1ccc(CN2C[C@H](Oc3cc(F)cc(F)c3)[C@@H](O)C2)cc1. The number of aliphatic hydroxyl groups excluding tert-OH is 1. The van der Waals surface area contributed by atoms with Crippen molar-refractivity contribution in [3.05, 3.63) is 59.7 Å². The number of rotatable bonds is 7. The summed E-state index contributed by atoms with van der Waals surface area (Å²) in [6.45, 7) is 3.84. The Balaban J connectivity index is 1.55. The standard InChI is InChI=1S/C20H24F2N2O3/c1-13(23)12-26-17-4-2-14(3-5-17)9-24-10-19(25)20(11-24)27-18-7-15(21)6-16(22)8-18/h2-8,13,19-20,25H,9-12,23H2,1H3/t13-,19-,20-/m0/s1. The number of halogens is 2. The van der Waals surface area contributed by atoms with E-state index in [4.69, 9.17) is 15.2 Å². The second-order valence-corrected chi connectivity index (χ2v) is 6.96. The Labute approximate surface area is 157 Å². The Morgan fingerprint density at radius 1 is 1.11 bits per heavy atom. The largest absolute Gasteiger partial charge is 0.492 e. The van der Waals surface area contributed by atoms with E-state index in [1.807, 2.05) is 36.1 Å². The van der Waals surface area contributed by atoms with Gasteiger partial charge in [0.25, 0.3) is 0 Å². The predicted molar refractivity (Wildman–Crippen MR) is 97.6 cm³/mol. The lowest BCUT2D eigenvalue weighted by Crippen LogP contribution is -2.30. The van der Waals surface area contributed by atoms with E-state index in [1.54, 1.807) is 0 Å². The molecule has 1 saturated heterocycles. The zero-order valence-electron chi connectivity index (χ0n) is 15.1. The molecule has 0 aliphatic carbocycles. The van der Waals surface area contributed by atoms with Crippen LogP contribution in [-0.2, 0) is 6.54 Å². The highest BCUT2D eigenvalue weighted by Crippen LogP contribution is 2.23. The van der Waals surface area contributed by atoms with Crippen molar-refractivity contribution in [1.82, 2.24) is 4.90 Å². The molecular weight excluding hydrogens is 354 g/mol. The van der Waals surface area contributed by atoms with Crippen LogP contribution in [0.3, 0.4) is 0 Å². The topological polar surface area (TPSA) is 68.0 Å². The first-order valence-corrected chi connectivity index (χ1v) is 8.89. The maximum atomic E-state index is 13.3. The Bertz CT molecular complexity index is 735. The van der Waals surface area contributed by atoms with E-state index in [9.17, 15) is 13.9 Å². The molecule has 0 amide bonds.